The van der Waals surface area contributed by atoms with E-state index in [1.54, 1.807) is 10.6 Å². The molecule has 0 unspecified atom stereocenters. The van der Waals surface area contributed by atoms with E-state index < -0.39 is 5.82 Å². The highest BCUT2D eigenvalue weighted by molar-refractivity contribution is 5.82. The Hall–Kier alpha value is -1.84. The third-order valence-corrected chi connectivity index (χ3v) is 2.42. The summed E-state index contributed by atoms with van der Waals surface area (Å²) < 4.78 is 14.7. The number of halogens is 1. The lowest BCUT2D eigenvalue weighted by Crippen LogP contribution is -2.18. The predicted molar refractivity (Wildman–Crippen MR) is 58.3 cm³/mol. The summed E-state index contributed by atoms with van der Waals surface area (Å²) >= 11 is 0. The first-order valence-electron chi connectivity index (χ1n) is 4.72. The van der Waals surface area contributed by atoms with Gasteiger partial charge in [0, 0.05) is 18.0 Å². The van der Waals surface area contributed by atoms with Gasteiger partial charge in [-0.3, -0.25) is 4.79 Å². The first-order chi connectivity index (χ1) is 7.13. The van der Waals surface area contributed by atoms with E-state index in [1.165, 1.54) is 18.2 Å². The Morgan fingerprint density at radius 3 is 2.80 bits per heavy atom. The second kappa shape index (κ2) is 3.38. The highest BCUT2D eigenvalue weighted by Gasteiger charge is 2.05. The minimum absolute atomic E-state index is 0.0651. The third kappa shape index (κ3) is 1.48. The molecule has 0 atom stereocenters. The minimum Gasteiger partial charge on any atom is -0.396 e. The molecule has 0 aliphatic heterocycles. The Labute approximate surface area is 85.9 Å². The number of nitrogens with two attached hydrogens (primary N) is 1. The zero-order chi connectivity index (χ0) is 11.0. The molecule has 0 aliphatic carbocycles. The zero-order valence-corrected chi connectivity index (χ0v) is 8.33. The summed E-state index contributed by atoms with van der Waals surface area (Å²) in [6, 6.07) is 5.87. The Bertz CT molecular complexity index is 575. The van der Waals surface area contributed by atoms with Crippen LogP contribution in [0.3, 0.4) is 0 Å². The van der Waals surface area contributed by atoms with Gasteiger partial charge >= 0.3 is 0 Å². The van der Waals surface area contributed by atoms with Gasteiger partial charge < -0.3 is 10.3 Å². The molecule has 0 radical (unpaired) electrons. The summed E-state index contributed by atoms with van der Waals surface area (Å²) in [5, 5.41) is 0.683. The van der Waals surface area contributed by atoms with Crippen LogP contribution in [-0.4, -0.2) is 4.57 Å². The van der Waals surface area contributed by atoms with E-state index in [9.17, 15) is 9.18 Å². The molecule has 15 heavy (non-hydrogen) atoms. The average molecular weight is 206 g/mol. The van der Waals surface area contributed by atoms with Crippen molar-refractivity contribution in [1.82, 2.24) is 4.57 Å². The Kier molecular flexibility index (Phi) is 2.19. The van der Waals surface area contributed by atoms with Crippen LogP contribution in [0.1, 0.15) is 6.92 Å². The molecule has 1 heterocycles. The van der Waals surface area contributed by atoms with Crippen LogP contribution in [0.15, 0.2) is 29.1 Å². The SMILES string of the molecule is CCn1c(=O)ccc2cc(F)c(N)cc21. The summed E-state index contributed by atoms with van der Waals surface area (Å²) in [6.45, 7) is 2.40. The predicted octanol–water partition coefficient (Wildman–Crippen LogP) is 1.74. The van der Waals surface area contributed by atoms with Gasteiger partial charge in [-0.15, -0.1) is 0 Å². The van der Waals surface area contributed by atoms with Crippen molar-refractivity contribution < 1.29 is 4.39 Å². The van der Waals surface area contributed by atoms with Crippen LogP contribution in [-0.2, 0) is 6.54 Å². The molecule has 0 saturated heterocycles. The largest absolute Gasteiger partial charge is 0.396 e. The zero-order valence-electron chi connectivity index (χ0n) is 8.33. The maximum absolute atomic E-state index is 13.2. The van der Waals surface area contributed by atoms with Crippen molar-refractivity contribution in [3.63, 3.8) is 0 Å². The summed E-state index contributed by atoms with van der Waals surface area (Å²) in [4.78, 5) is 11.5. The molecule has 4 heteroatoms. The number of nitrogens with zero attached hydrogens (tertiary/aromatic N) is 1. The van der Waals surface area contributed by atoms with E-state index in [1.807, 2.05) is 6.92 Å². The standard InChI is InChI=1S/C11H11FN2O/c1-2-14-10-6-9(13)8(12)5-7(10)3-4-11(14)15/h3-6H,2,13H2,1H3. The molecule has 0 amide bonds. The fourth-order valence-corrected chi connectivity index (χ4v) is 1.66. The lowest BCUT2D eigenvalue weighted by atomic mass is 10.2. The molecule has 2 aromatic rings. The molecule has 0 fully saturated rings. The number of nitrogen functional groups attached to an aromatic ring is 1. The molecular formula is C11H11FN2O. The van der Waals surface area contributed by atoms with Crippen LogP contribution in [0.5, 0.6) is 0 Å². The molecule has 3 nitrogen and oxygen atoms in total. The molecule has 2 N–H and O–H groups in total. The molecule has 0 spiro atoms. The van der Waals surface area contributed by atoms with Gasteiger partial charge in [0.15, 0.2) is 0 Å². The molecule has 1 aromatic heterocycles. The van der Waals surface area contributed by atoms with Crippen LogP contribution in [0.2, 0.25) is 0 Å². The van der Waals surface area contributed by atoms with Crippen molar-refractivity contribution >= 4 is 16.6 Å². The van der Waals surface area contributed by atoms with Gasteiger partial charge in [0.25, 0.3) is 5.56 Å². The number of aromatic nitrogens is 1. The molecule has 2 rings (SSSR count). The number of pyridine rings is 1. The molecule has 0 aliphatic rings. The molecule has 0 saturated carbocycles. The normalized spacial score (nSPS) is 10.8. The number of hydrogen-bond acceptors (Lipinski definition) is 2. The van der Waals surface area contributed by atoms with Crippen molar-refractivity contribution in [2.45, 2.75) is 13.5 Å². The molecule has 78 valence electrons. The summed E-state index contributed by atoms with van der Waals surface area (Å²) in [5.41, 5.74) is 6.10. The van der Waals surface area contributed by atoms with Crippen LogP contribution < -0.4 is 11.3 Å². The van der Waals surface area contributed by atoms with Gasteiger partial charge in [-0.1, -0.05) is 0 Å². The Morgan fingerprint density at radius 1 is 1.40 bits per heavy atom. The van der Waals surface area contributed by atoms with Crippen molar-refractivity contribution in [3.8, 4) is 0 Å². The monoisotopic (exact) mass is 206 g/mol. The van der Waals surface area contributed by atoms with Crippen LogP contribution in [0, 0.1) is 5.82 Å². The van der Waals surface area contributed by atoms with Crippen molar-refractivity contribution in [1.29, 1.82) is 0 Å². The number of hydrogen-bond donors (Lipinski definition) is 1. The number of rotatable bonds is 1. The van der Waals surface area contributed by atoms with Gasteiger partial charge in [-0.25, -0.2) is 4.39 Å². The maximum atomic E-state index is 13.2. The second-order valence-corrected chi connectivity index (χ2v) is 3.35. The molecule has 0 bridgehead atoms. The number of anilines is 1. The third-order valence-electron chi connectivity index (χ3n) is 2.42. The minimum atomic E-state index is -0.455. The number of benzene rings is 1. The number of fused-ring (bicyclic) bond motifs is 1. The van der Waals surface area contributed by atoms with Gasteiger partial charge in [0.1, 0.15) is 5.82 Å². The topological polar surface area (TPSA) is 48.0 Å². The van der Waals surface area contributed by atoms with Crippen LogP contribution in [0.25, 0.3) is 10.9 Å². The van der Waals surface area contributed by atoms with Gasteiger partial charge in [-0.2, -0.15) is 0 Å². The van der Waals surface area contributed by atoms with E-state index in [0.717, 1.165) is 0 Å². The Morgan fingerprint density at radius 2 is 2.13 bits per heavy atom. The van der Waals surface area contributed by atoms with Gasteiger partial charge in [0.2, 0.25) is 0 Å². The summed E-state index contributed by atoms with van der Waals surface area (Å²) in [7, 11) is 0. The van der Waals surface area contributed by atoms with Crippen molar-refractivity contribution in [2.24, 2.45) is 0 Å². The lowest BCUT2D eigenvalue weighted by Gasteiger charge is -2.08. The van der Waals surface area contributed by atoms with Crippen LogP contribution >= 0.6 is 0 Å². The van der Waals surface area contributed by atoms with E-state index in [4.69, 9.17) is 5.73 Å². The van der Waals surface area contributed by atoms with E-state index in [-0.39, 0.29) is 11.2 Å². The molecular weight excluding hydrogens is 195 g/mol. The van der Waals surface area contributed by atoms with Crippen molar-refractivity contribution in [3.05, 3.63) is 40.4 Å². The average Bonchev–Trinajstić information content (AvgIpc) is 2.21. The maximum Gasteiger partial charge on any atom is 0.251 e. The highest BCUT2D eigenvalue weighted by atomic mass is 19.1. The first kappa shape index (κ1) is 9.71. The smallest absolute Gasteiger partial charge is 0.251 e. The van der Waals surface area contributed by atoms with Gasteiger partial charge in [0.05, 0.1) is 11.2 Å². The van der Waals surface area contributed by atoms with Crippen LogP contribution in [0.4, 0.5) is 10.1 Å². The highest BCUT2D eigenvalue weighted by Crippen LogP contribution is 2.19. The fourth-order valence-electron chi connectivity index (χ4n) is 1.66. The fraction of sp³-hybridized carbons (Fsp3) is 0.182. The first-order valence-corrected chi connectivity index (χ1v) is 4.72. The van der Waals surface area contributed by atoms with E-state index >= 15 is 0 Å². The summed E-state index contributed by atoms with van der Waals surface area (Å²) in [6.07, 6.45) is 0. The quantitative estimate of drug-likeness (QED) is 0.722. The van der Waals surface area contributed by atoms with E-state index in [0.29, 0.717) is 17.4 Å². The lowest BCUT2D eigenvalue weighted by molar-refractivity contribution is 0.633. The van der Waals surface area contributed by atoms with Crippen molar-refractivity contribution in [2.75, 3.05) is 5.73 Å². The molecule has 1 aromatic carbocycles. The van der Waals surface area contributed by atoms with E-state index in [2.05, 4.69) is 0 Å². The Balaban J connectivity index is 2.92. The second-order valence-electron chi connectivity index (χ2n) is 3.35. The number of aryl methyl sites for hydroxylation is 1. The van der Waals surface area contributed by atoms with Gasteiger partial charge in [-0.05, 0) is 25.1 Å². The summed E-state index contributed by atoms with van der Waals surface area (Å²) in [5.74, 6) is -0.455.